The molecule has 126 valence electrons. The molecule has 3 nitrogen and oxygen atoms in total. The Labute approximate surface area is 148 Å². The molecule has 0 aliphatic carbocycles. The standard InChI is InChI=1S/C22H22N2O/c1-22(2,3)18-11-7-17(8-12-18)21(25)24-19-13-9-16(10-14-19)20-6-4-5-15-23-20/h4-15H,1-3H3,(H,24,25). The van der Waals surface area contributed by atoms with Crippen LogP contribution in [-0.4, -0.2) is 10.9 Å². The Morgan fingerprint density at radius 3 is 2.12 bits per heavy atom. The molecule has 0 aliphatic heterocycles. The van der Waals surface area contributed by atoms with Crippen molar-refractivity contribution >= 4 is 11.6 Å². The SMILES string of the molecule is CC(C)(C)c1ccc(C(=O)Nc2ccc(-c3ccccn3)cc2)cc1. The van der Waals surface area contributed by atoms with E-state index in [1.54, 1.807) is 6.20 Å². The normalized spacial score (nSPS) is 11.2. The lowest BCUT2D eigenvalue weighted by Gasteiger charge is -2.19. The predicted molar refractivity (Wildman–Crippen MR) is 103 cm³/mol. The second kappa shape index (κ2) is 6.89. The van der Waals surface area contributed by atoms with E-state index in [0.29, 0.717) is 5.56 Å². The van der Waals surface area contributed by atoms with Crippen LogP contribution in [0.1, 0.15) is 36.7 Å². The molecule has 0 atom stereocenters. The van der Waals surface area contributed by atoms with Crippen LogP contribution in [0.15, 0.2) is 72.9 Å². The van der Waals surface area contributed by atoms with Gasteiger partial charge in [-0.25, -0.2) is 0 Å². The highest BCUT2D eigenvalue weighted by Gasteiger charge is 2.14. The maximum absolute atomic E-state index is 12.4. The van der Waals surface area contributed by atoms with Crippen molar-refractivity contribution in [2.45, 2.75) is 26.2 Å². The van der Waals surface area contributed by atoms with Crippen molar-refractivity contribution in [3.63, 3.8) is 0 Å². The first-order valence-corrected chi connectivity index (χ1v) is 8.37. The molecule has 0 saturated heterocycles. The summed E-state index contributed by atoms with van der Waals surface area (Å²) < 4.78 is 0. The van der Waals surface area contributed by atoms with E-state index in [4.69, 9.17) is 0 Å². The van der Waals surface area contributed by atoms with Gasteiger partial charge in [-0.05, 0) is 47.4 Å². The van der Waals surface area contributed by atoms with Crippen molar-refractivity contribution in [2.75, 3.05) is 5.32 Å². The van der Waals surface area contributed by atoms with Gasteiger partial charge in [-0.15, -0.1) is 0 Å². The third-order valence-corrected chi connectivity index (χ3v) is 4.12. The van der Waals surface area contributed by atoms with Crippen LogP contribution in [0.25, 0.3) is 11.3 Å². The molecular formula is C22H22N2O. The van der Waals surface area contributed by atoms with Crippen LogP contribution in [0.3, 0.4) is 0 Å². The monoisotopic (exact) mass is 330 g/mol. The van der Waals surface area contributed by atoms with Crippen molar-refractivity contribution in [1.82, 2.24) is 4.98 Å². The summed E-state index contributed by atoms with van der Waals surface area (Å²) in [6.07, 6.45) is 1.77. The van der Waals surface area contributed by atoms with Crippen LogP contribution in [0.2, 0.25) is 0 Å². The highest BCUT2D eigenvalue weighted by molar-refractivity contribution is 6.04. The highest BCUT2D eigenvalue weighted by Crippen LogP contribution is 2.23. The van der Waals surface area contributed by atoms with Crippen LogP contribution in [0.4, 0.5) is 5.69 Å². The number of rotatable bonds is 3. The minimum absolute atomic E-state index is 0.0797. The van der Waals surface area contributed by atoms with Gasteiger partial charge in [0.1, 0.15) is 0 Å². The topological polar surface area (TPSA) is 42.0 Å². The van der Waals surface area contributed by atoms with Crippen molar-refractivity contribution in [2.24, 2.45) is 0 Å². The summed E-state index contributed by atoms with van der Waals surface area (Å²) in [5.41, 5.74) is 4.65. The number of nitrogens with one attached hydrogen (secondary N) is 1. The van der Waals surface area contributed by atoms with E-state index in [2.05, 4.69) is 31.1 Å². The van der Waals surface area contributed by atoms with E-state index in [0.717, 1.165) is 16.9 Å². The van der Waals surface area contributed by atoms with E-state index in [1.807, 2.05) is 66.7 Å². The highest BCUT2D eigenvalue weighted by atomic mass is 16.1. The quantitative estimate of drug-likeness (QED) is 0.708. The molecule has 0 unspecified atom stereocenters. The maximum atomic E-state index is 12.4. The fourth-order valence-electron chi connectivity index (χ4n) is 2.58. The molecule has 1 heterocycles. The summed E-state index contributed by atoms with van der Waals surface area (Å²) in [6.45, 7) is 6.47. The van der Waals surface area contributed by atoms with Crippen LogP contribution in [0.5, 0.6) is 0 Å². The average Bonchev–Trinajstić information content (AvgIpc) is 2.62. The number of benzene rings is 2. The van der Waals surface area contributed by atoms with Gasteiger partial charge in [-0.2, -0.15) is 0 Å². The van der Waals surface area contributed by atoms with E-state index in [1.165, 1.54) is 5.56 Å². The van der Waals surface area contributed by atoms with Gasteiger partial charge >= 0.3 is 0 Å². The summed E-state index contributed by atoms with van der Waals surface area (Å²) >= 11 is 0. The largest absolute Gasteiger partial charge is 0.322 e. The molecule has 0 radical (unpaired) electrons. The minimum atomic E-state index is -0.106. The second-order valence-corrected chi connectivity index (χ2v) is 7.07. The van der Waals surface area contributed by atoms with E-state index in [9.17, 15) is 4.79 Å². The second-order valence-electron chi connectivity index (χ2n) is 7.07. The van der Waals surface area contributed by atoms with Crippen LogP contribution in [0, 0.1) is 0 Å². The molecule has 2 aromatic carbocycles. The number of carbonyl (C=O) groups is 1. The number of aromatic nitrogens is 1. The predicted octanol–water partition coefficient (Wildman–Crippen LogP) is 5.30. The molecule has 0 fully saturated rings. The zero-order valence-electron chi connectivity index (χ0n) is 14.8. The number of carbonyl (C=O) groups excluding carboxylic acids is 1. The van der Waals surface area contributed by atoms with Crippen LogP contribution in [-0.2, 0) is 5.41 Å². The molecule has 1 aromatic heterocycles. The Kier molecular flexibility index (Phi) is 4.66. The number of amides is 1. The van der Waals surface area contributed by atoms with Crippen molar-refractivity contribution in [3.05, 3.63) is 84.1 Å². The molecule has 0 spiro atoms. The number of anilines is 1. The molecule has 1 N–H and O–H groups in total. The van der Waals surface area contributed by atoms with Gasteiger partial charge in [0.15, 0.2) is 0 Å². The number of hydrogen-bond donors (Lipinski definition) is 1. The van der Waals surface area contributed by atoms with E-state index in [-0.39, 0.29) is 11.3 Å². The molecular weight excluding hydrogens is 308 g/mol. The number of nitrogens with zero attached hydrogens (tertiary/aromatic N) is 1. The molecule has 0 aliphatic rings. The van der Waals surface area contributed by atoms with Gasteiger partial charge in [-0.1, -0.05) is 51.1 Å². The van der Waals surface area contributed by atoms with Crippen LogP contribution >= 0.6 is 0 Å². The molecule has 3 heteroatoms. The lowest BCUT2D eigenvalue weighted by Crippen LogP contribution is -2.14. The van der Waals surface area contributed by atoms with E-state index >= 15 is 0 Å². The van der Waals surface area contributed by atoms with Crippen molar-refractivity contribution in [1.29, 1.82) is 0 Å². The summed E-state index contributed by atoms with van der Waals surface area (Å²) in [5.74, 6) is -0.106. The Hall–Kier alpha value is -2.94. The van der Waals surface area contributed by atoms with Crippen molar-refractivity contribution < 1.29 is 4.79 Å². The first kappa shape index (κ1) is 16.9. The summed E-state index contributed by atoms with van der Waals surface area (Å²) in [7, 11) is 0. The van der Waals surface area contributed by atoms with Gasteiger partial charge in [-0.3, -0.25) is 9.78 Å². The molecule has 25 heavy (non-hydrogen) atoms. The smallest absolute Gasteiger partial charge is 0.255 e. The Morgan fingerprint density at radius 1 is 0.880 bits per heavy atom. The Bertz CT molecular complexity index is 845. The fraction of sp³-hybridized carbons (Fsp3) is 0.182. The Balaban J connectivity index is 1.71. The summed E-state index contributed by atoms with van der Waals surface area (Å²) in [6, 6.07) is 21.3. The average molecular weight is 330 g/mol. The lowest BCUT2D eigenvalue weighted by atomic mass is 9.87. The summed E-state index contributed by atoms with van der Waals surface area (Å²) in [5, 5.41) is 2.94. The minimum Gasteiger partial charge on any atom is -0.322 e. The molecule has 0 saturated carbocycles. The third kappa shape index (κ3) is 4.13. The zero-order chi connectivity index (χ0) is 17.9. The maximum Gasteiger partial charge on any atom is 0.255 e. The zero-order valence-corrected chi connectivity index (χ0v) is 14.8. The van der Waals surface area contributed by atoms with Gasteiger partial charge in [0.25, 0.3) is 5.91 Å². The third-order valence-electron chi connectivity index (χ3n) is 4.12. The van der Waals surface area contributed by atoms with E-state index < -0.39 is 0 Å². The van der Waals surface area contributed by atoms with Gasteiger partial charge in [0, 0.05) is 23.0 Å². The number of pyridine rings is 1. The lowest BCUT2D eigenvalue weighted by molar-refractivity contribution is 0.102. The molecule has 3 aromatic rings. The van der Waals surface area contributed by atoms with Crippen molar-refractivity contribution in [3.8, 4) is 11.3 Å². The van der Waals surface area contributed by atoms with Gasteiger partial charge < -0.3 is 5.32 Å². The van der Waals surface area contributed by atoms with Crippen LogP contribution < -0.4 is 5.32 Å². The Morgan fingerprint density at radius 2 is 1.56 bits per heavy atom. The van der Waals surface area contributed by atoms with Gasteiger partial charge in [0.2, 0.25) is 0 Å². The summed E-state index contributed by atoms with van der Waals surface area (Å²) in [4.78, 5) is 16.7. The first-order valence-electron chi connectivity index (χ1n) is 8.37. The molecule has 1 amide bonds. The van der Waals surface area contributed by atoms with Gasteiger partial charge in [0.05, 0.1) is 5.69 Å². The molecule has 0 bridgehead atoms. The molecule has 3 rings (SSSR count). The first-order chi connectivity index (χ1) is 11.9. The fourth-order valence-corrected chi connectivity index (χ4v) is 2.58. The number of hydrogen-bond acceptors (Lipinski definition) is 2.